The van der Waals surface area contributed by atoms with Gasteiger partial charge >= 0.3 is 0 Å². The second-order valence-corrected chi connectivity index (χ2v) is 11.8. The van der Waals surface area contributed by atoms with Crippen molar-refractivity contribution >= 4 is 31.4 Å². The van der Waals surface area contributed by atoms with Gasteiger partial charge in [0.15, 0.2) is 0 Å². The summed E-state index contributed by atoms with van der Waals surface area (Å²) in [7, 11) is -4.56. The molecular weight excluding hydrogens is 512 g/mol. The van der Waals surface area contributed by atoms with Crippen LogP contribution in [0.25, 0.3) is 11.1 Å². The summed E-state index contributed by atoms with van der Waals surface area (Å²) in [6.45, 7) is 0. The minimum Gasteiger partial charge on any atom is -0.497 e. The fourth-order valence-electron chi connectivity index (χ4n) is 4.24. The highest BCUT2D eigenvalue weighted by Crippen LogP contribution is 2.39. The molecule has 1 aliphatic carbocycles. The number of hydrogen-bond acceptors (Lipinski definition) is 6. The van der Waals surface area contributed by atoms with E-state index in [1.54, 1.807) is 84.9 Å². The number of hydrogen-bond donors (Lipinski definition) is 2. The summed E-state index contributed by atoms with van der Waals surface area (Å²) >= 11 is 0. The Bertz CT molecular complexity index is 1560. The molecule has 37 heavy (non-hydrogen) atoms. The van der Waals surface area contributed by atoms with E-state index >= 15 is 0 Å². The fraction of sp³-hybridized carbons (Fsp3) is 0.111. The maximum Gasteiger partial charge on any atom is 0.261 e. The average molecular weight is 537 g/mol. The van der Waals surface area contributed by atoms with Crippen LogP contribution >= 0.6 is 0 Å². The van der Waals surface area contributed by atoms with E-state index in [1.165, 1.54) is 14.2 Å². The van der Waals surface area contributed by atoms with E-state index in [4.69, 9.17) is 9.47 Å². The van der Waals surface area contributed by atoms with Crippen molar-refractivity contribution in [1.82, 2.24) is 0 Å². The highest BCUT2D eigenvalue weighted by Gasteiger charge is 2.25. The Morgan fingerprint density at radius 2 is 0.946 bits per heavy atom. The van der Waals surface area contributed by atoms with Gasteiger partial charge in [-0.2, -0.15) is 0 Å². The van der Waals surface area contributed by atoms with Crippen molar-refractivity contribution in [2.24, 2.45) is 0 Å². The molecule has 2 N–H and O–H groups in total. The molecule has 0 atom stereocenters. The number of anilines is 2. The van der Waals surface area contributed by atoms with E-state index < -0.39 is 20.0 Å². The van der Waals surface area contributed by atoms with Crippen LogP contribution in [-0.4, -0.2) is 31.1 Å². The Hall–Kier alpha value is -4.02. The summed E-state index contributed by atoms with van der Waals surface area (Å²) in [5, 5.41) is 0. The van der Waals surface area contributed by atoms with Crippen LogP contribution in [0, 0.1) is 0 Å². The molecule has 0 aromatic heterocycles. The second kappa shape index (κ2) is 9.45. The summed E-state index contributed by atoms with van der Waals surface area (Å²) in [6.07, 6.45) is 0.419. The molecule has 190 valence electrons. The summed E-state index contributed by atoms with van der Waals surface area (Å²) in [4.78, 5) is 0.257. The molecule has 0 aliphatic heterocycles. The van der Waals surface area contributed by atoms with Gasteiger partial charge in [-0.1, -0.05) is 12.1 Å². The van der Waals surface area contributed by atoms with Crippen molar-refractivity contribution in [2.45, 2.75) is 16.2 Å². The third-order valence-corrected chi connectivity index (χ3v) is 8.89. The molecule has 5 rings (SSSR count). The molecule has 0 saturated heterocycles. The molecule has 0 bridgehead atoms. The van der Waals surface area contributed by atoms with Crippen LogP contribution in [0.5, 0.6) is 11.5 Å². The number of fused-ring (bicyclic) bond motifs is 3. The summed E-state index contributed by atoms with van der Waals surface area (Å²) in [5.41, 5.74) is 4.22. The number of methoxy groups -OCH3 is 2. The molecule has 4 aromatic carbocycles. The van der Waals surface area contributed by atoms with Crippen molar-refractivity contribution in [2.75, 3.05) is 23.7 Å². The van der Waals surface area contributed by atoms with Gasteiger partial charge in [0.25, 0.3) is 20.0 Å². The smallest absolute Gasteiger partial charge is 0.261 e. The van der Waals surface area contributed by atoms with Crippen LogP contribution in [0.3, 0.4) is 0 Å². The van der Waals surface area contributed by atoms with E-state index in [1.807, 2.05) is 0 Å². The minimum absolute atomic E-state index is 0.129. The number of ether oxygens (including phenoxy) is 2. The second-order valence-electron chi connectivity index (χ2n) is 8.48. The quantitative estimate of drug-likeness (QED) is 0.293. The van der Waals surface area contributed by atoms with Gasteiger partial charge < -0.3 is 9.47 Å². The van der Waals surface area contributed by atoms with Crippen LogP contribution in [0.2, 0.25) is 0 Å². The van der Waals surface area contributed by atoms with Gasteiger partial charge in [-0.3, -0.25) is 9.44 Å². The molecule has 4 aromatic rings. The number of rotatable bonds is 8. The zero-order valence-electron chi connectivity index (χ0n) is 20.1. The van der Waals surface area contributed by atoms with E-state index in [2.05, 4.69) is 9.44 Å². The van der Waals surface area contributed by atoms with Gasteiger partial charge in [0.2, 0.25) is 0 Å². The Balaban J connectivity index is 1.37. The van der Waals surface area contributed by atoms with E-state index in [9.17, 15) is 16.8 Å². The summed E-state index contributed by atoms with van der Waals surface area (Å²) in [6, 6.07) is 23.1. The summed E-state index contributed by atoms with van der Waals surface area (Å²) in [5.74, 6) is 1.25. The van der Waals surface area contributed by atoms with Crippen LogP contribution in [-0.2, 0) is 26.5 Å². The average Bonchev–Trinajstić information content (AvgIpc) is 3.26. The molecule has 0 fully saturated rings. The summed E-state index contributed by atoms with van der Waals surface area (Å²) < 4.78 is 67.3. The number of nitrogens with one attached hydrogen (secondary N) is 2. The topological polar surface area (TPSA) is 111 Å². The Morgan fingerprint density at radius 1 is 0.568 bits per heavy atom. The Kier molecular flexibility index (Phi) is 6.30. The van der Waals surface area contributed by atoms with Crippen molar-refractivity contribution in [1.29, 1.82) is 0 Å². The SMILES string of the molecule is COc1ccc(NS(=O)(=O)c2ccc3c(c2)Cc2cc(S(=O)(=O)Nc4ccc(OC)cc4)ccc2-3)cc1. The highest BCUT2D eigenvalue weighted by atomic mass is 32.2. The minimum atomic E-state index is -3.82. The molecule has 0 spiro atoms. The Morgan fingerprint density at radius 3 is 1.30 bits per heavy atom. The standard InChI is InChI=1S/C27H24N2O6S2/c1-34-22-7-3-20(4-8-22)28-36(30,31)24-11-13-26-18(16-24)15-19-17-25(12-14-27(19)26)37(32,33)29-21-5-9-23(35-2)10-6-21/h3-14,16-17,28-29H,15H2,1-2H3. The first-order chi connectivity index (χ1) is 17.7. The van der Waals surface area contributed by atoms with Gasteiger partial charge in [0.1, 0.15) is 11.5 Å². The normalized spacial score (nSPS) is 12.4. The molecule has 10 heteroatoms. The number of sulfonamides is 2. The van der Waals surface area contributed by atoms with Crippen molar-refractivity contribution in [3.8, 4) is 22.6 Å². The van der Waals surface area contributed by atoms with Crippen LogP contribution < -0.4 is 18.9 Å². The third kappa shape index (κ3) is 4.98. The van der Waals surface area contributed by atoms with Gasteiger partial charge in [-0.15, -0.1) is 0 Å². The largest absolute Gasteiger partial charge is 0.497 e. The monoisotopic (exact) mass is 536 g/mol. The molecule has 0 heterocycles. The fourth-order valence-corrected chi connectivity index (χ4v) is 6.46. The zero-order chi connectivity index (χ0) is 26.2. The van der Waals surface area contributed by atoms with Gasteiger partial charge in [0.05, 0.1) is 24.0 Å². The van der Waals surface area contributed by atoms with Crippen LogP contribution in [0.4, 0.5) is 11.4 Å². The predicted octanol–water partition coefficient (Wildman–Crippen LogP) is 4.88. The van der Waals surface area contributed by atoms with E-state index in [-0.39, 0.29) is 9.79 Å². The lowest BCUT2D eigenvalue weighted by Crippen LogP contribution is -2.13. The molecule has 0 saturated carbocycles. The first-order valence-electron chi connectivity index (χ1n) is 11.3. The molecule has 0 unspecified atom stereocenters. The van der Waals surface area contributed by atoms with E-state index in [0.29, 0.717) is 29.3 Å². The van der Waals surface area contributed by atoms with Crippen LogP contribution in [0.15, 0.2) is 94.7 Å². The Labute approximate surface area is 216 Å². The maximum atomic E-state index is 13.0. The third-order valence-electron chi connectivity index (χ3n) is 6.13. The lowest BCUT2D eigenvalue weighted by Gasteiger charge is -2.11. The van der Waals surface area contributed by atoms with Gasteiger partial charge in [0, 0.05) is 11.4 Å². The lowest BCUT2D eigenvalue weighted by atomic mass is 10.1. The van der Waals surface area contributed by atoms with Crippen molar-refractivity contribution < 1.29 is 26.3 Å². The number of benzene rings is 4. The molecular formula is C27H24N2O6S2. The maximum absolute atomic E-state index is 13.0. The lowest BCUT2D eigenvalue weighted by molar-refractivity contribution is 0.415. The molecule has 0 amide bonds. The van der Waals surface area contributed by atoms with E-state index in [0.717, 1.165) is 22.3 Å². The van der Waals surface area contributed by atoms with Crippen LogP contribution in [0.1, 0.15) is 11.1 Å². The van der Waals surface area contributed by atoms with Crippen molar-refractivity contribution in [3.63, 3.8) is 0 Å². The first-order valence-corrected chi connectivity index (χ1v) is 14.3. The zero-order valence-corrected chi connectivity index (χ0v) is 21.7. The molecule has 0 radical (unpaired) electrons. The van der Waals surface area contributed by atoms with Gasteiger partial charge in [-0.05, 0) is 101 Å². The van der Waals surface area contributed by atoms with Crippen molar-refractivity contribution in [3.05, 3.63) is 96.1 Å². The molecule has 8 nitrogen and oxygen atoms in total. The predicted molar refractivity (Wildman–Crippen MR) is 142 cm³/mol. The molecule has 1 aliphatic rings. The van der Waals surface area contributed by atoms with Gasteiger partial charge in [-0.25, -0.2) is 16.8 Å². The highest BCUT2D eigenvalue weighted by molar-refractivity contribution is 7.93. The first kappa shape index (κ1) is 24.7.